The molecular weight excluding hydrogens is 332 g/mol. The van der Waals surface area contributed by atoms with Crippen molar-refractivity contribution in [1.29, 1.82) is 0 Å². The first kappa shape index (κ1) is 17.4. The molecule has 0 saturated carbocycles. The average molecular weight is 356 g/mol. The van der Waals surface area contributed by atoms with Crippen LogP contribution in [0.5, 0.6) is 0 Å². The summed E-state index contributed by atoms with van der Waals surface area (Å²) in [6.45, 7) is 4.14. The number of aromatic amines is 2. The number of H-pyrrole nitrogens is 2. The number of aliphatic hydroxyl groups excluding tert-OH is 1. The number of hydrogen-bond donors (Lipinski definition) is 3. The Labute approximate surface area is 159 Å². The normalized spacial score (nSPS) is 13.4. The Morgan fingerprint density at radius 3 is 1.85 bits per heavy atom. The molecule has 136 valence electrons. The standard InChI is InChI=1S/C24H24N2O/c1-16-5-9-18(10-6-16)23(20-4-3-15-25-20)21-13-14-22(26-21)24(27)19-11-7-17(2)8-12-19/h3-15,23-27H,1-2H3. The fourth-order valence-corrected chi connectivity index (χ4v) is 3.50. The highest BCUT2D eigenvalue weighted by Crippen LogP contribution is 2.32. The molecule has 3 N–H and O–H groups in total. The molecule has 0 saturated heterocycles. The van der Waals surface area contributed by atoms with Gasteiger partial charge in [-0.15, -0.1) is 0 Å². The van der Waals surface area contributed by atoms with Crippen molar-refractivity contribution in [2.45, 2.75) is 25.9 Å². The van der Waals surface area contributed by atoms with Crippen LogP contribution in [-0.2, 0) is 0 Å². The smallest absolute Gasteiger partial charge is 0.119 e. The number of benzene rings is 2. The second-order valence-electron chi connectivity index (χ2n) is 7.15. The molecule has 3 heteroatoms. The summed E-state index contributed by atoms with van der Waals surface area (Å²) < 4.78 is 0. The van der Waals surface area contributed by atoms with Gasteiger partial charge in [0, 0.05) is 23.3 Å². The van der Waals surface area contributed by atoms with E-state index < -0.39 is 6.10 Å². The lowest BCUT2D eigenvalue weighted by Gasteiger charge is -2.16. The first-order chi connectivity index (χ1) is 13.1. The van der Waals surface area contributed by atoms with Gasteiger partial charge in [0.25, 0.3) is 0 Å². The van der Waals surface area contributed by atoms with Gasteiger partial charge in [-0.25, -0.2) is 0 Å². The molecule has 2 heterocycles. The summed E-state index contributed by atoms with van der Waals surface area (Å²) in [6, 6.07) is 24.8. The van der Waals surface area contributed by atoms with Crippen molar-refractivity contribution < 1.29 is 5.11 Å². The number of hydrogen-bond acceptors (Lipinski definition) is 1. The van der Waals surface area contributed by atoms with Crippen LogP contribution in [0.3, 0.4) is 0 Å². The van der Waals surface area contributed by atoms with Crippen LogP contribution in [0.1, 0.15) is 51.4 Å². The van der Waals surface area contributed by atoms with Crippen LogP contribution in [-0.4, -0.2) is 15.1 Å². The van der Waals surface area contributed by atoms with E-state index in [2.05, 4.69) is 53.3 Å². The van der Waals surface area contributed by atoms with Crippen molar-refractivity contribution in [2.75, 3.05) is 0 Å². The Balaban J connectivity index is 1.70. The molecule has 27 heavy (non-hydrogen) atoms. The van der Waals surface area contributed by atoms with Crippen molar-refractivity contribution in [2.24, 2.45) is 0 Å². The predicted octanol–water partition coefficient (Wildman–Crippen LogP) is 5.22. The van der Waals surface area contributed by atoms with E-state index in [0.29, 0.717) is 0 Å². The SMILES string of the molecule is Cc1ccc(C(O)c2ccc(C(c3ccc(C)cc3)c3ccc[nH]3)[nH]2)cc1. The maximum Gasteiger partial charge on any atom is 0.119 e. The van der Waals surface area contributed by atoms with Crippen molar-refractivity contribution in [3.05, 3.63) is 118 Å². The highest BCUT2D eigenvalue weighted by atomic mass is 16.3. The van der Waals surface area contributed by atoms with Crippen LogP contribution in [0.25, 0.3) is 0 Å². The van der Waals surface area contributed by atoms with E-state index >= 15 is 0 Å². The summed E-state index contributed by atoms with van der Waals surface area (Å²) in [6.07, 6.45) is 1.28. The minimum absolute atomic E-state index is 0.0690. The maximum atomic E-state index is 10.8. The second kappa shape index (κ2) is 7.29. The Morgan fingerprint density at radius 2 is 1.26 bits per heavy atom. The fraction of sp³-hybridized carbons (Fsp3) is 0.167. The molecule has 2 aromatic carbocycles. The number of aliphatic hydroxyl groups is 1. The van der Waals surface area contributed by atoms with Gasteiger partial charge in [-0.2, -0.15) is 0 Å². The van der Waals surface area contributed by atoms with Crippen molar-refractivity contribution in [3.8, 4) is 0 Å². The third-order valence-corrected chi connectivity index (χ3v) is 5.07. The number of nitrogens with one attached hydrogen (secondary N) is 2. The van der Waals surface area contributed by atoms with E-state index in [1.54, 1.807) is 0 Å². The van der Waals surface area contributed by atoms with E-state index in [1.165, 1.54) is 16.7 Å². The minimum Gasteiger partial charge on any atom is -0.382 e. The molecule has 0 bridgehead atoms. The highest BCUT2D eigenvalue weighted by Gasteiger charge is 2.21. The molecule has 0 spiro atoms. The van der Waals surface area contributed by atoms with Gasteiger partial charge in [0.2, 0.25) is 0 Å². The Bertz CT molecular complexity index is 995. The largest absolute Gasteiger partial charge is 0.382 e. The molecule has 0 fully saturated rings. The van der Waals surface area contributed by atoms with E-state index in [4.69, 9.17) is 0 Å². The Hall–Kier alpha value is -3.04. The molecule has 0 radical (unpaired) electrons. The lowest BCUT2D eigenvalue weighted by atomic mass is 9.92. The monoisotopic (exact) mass is 356 g/mol. The zero-order valence-electron chi connectivity index (χ0n) is 15.6. The summed E-state index contributed by atoms with van der Waals surface area (Å²) >= 11 is 0. The van der Waals surface area contributed by atoms with Crippen LogP contribution >= 0.6 is 0 Å². The second-order valence-corrected chi connectivity index (χ2v) is 7.15. The molecule has 2 unspecified atom stereocenters. The van der Waals surface area contributed by atoms with Crippen molar-refractivity contribution >= 4 is 0 Å². The van der Waals surface area contributed by atoms with E-state index in [0.717, 1.165) is 22.6 Å². The molecule has 4 aromatic rings. The summed E-state index contributed by atoms with van der Waals surface area (Å²) in [4.78, 5) is 6.80. The molecule has 2 atom stereocenters. The van der Waals surface area contributed by atoms with Crippen LogP contribution < -0.4 is 0 Å². The average Bonchev–Trinajstić information content (AvgIpc) is 3.36. The van der Waals surface area contributed by atoms with Gasteiger partial charge in [0.15, 0.2) is 0 Å². The lowest BCUT2D eigenvalue weighted by Crippen LogP contribution is -2.06. The summed E-state index contributed by atoms with van der Waals surface area (Å²) in [5, 5.41) is 10.8. The van der Waals surface area contributed by atoms with Gasteiger partial charge in [-0.1, -0.05) is 59.7 Å². The van der Waals surface area contributed by atoms with Crippen LogP contribution in [0.4, 0.5) is 0 Å². The Morgan fingerprint density at radius 1 is 0.667 bits per heavy atom. The summed E-state index contributed by atoms with van der Waals surface area (Å²) in [7, 11) is 0. The van der Waals surface area contributed by atoms with Gasteiger partial charge in [0.1, 0.15) is 6.10 Å². The van der Waals surface area contributed by atoms with Crippen LogP contribution in [0, 0.1) is 13.8 Å². The first-order valence-electron chi connectivity index (χ1n) is 9.25. The summed E-state index contributed by atoms with van der Waals surface area (Å²) in [5.74, 6) is 0.0690. The van der Waals surface area contributed by atoms with E-state index in [9.17, 15) is 5.11 Å². The molecule has 0 amide bonds. The van der Waals surface area contributed by atoms with Gasteiger partial charge in [0.05, 0.1) is 5.92 Å². The molecule has 2 aromatic heterocycles. The van der Waals surface area contributed by atoms with Crippen LogP contribution in [0.2, 0.25) is 0 Å². The van der Waals surface area contributed by atoms with Gasteiger partial charge >= 0.3 is 0 Å². The van der Waals surface area contributed by atoms with Gasteiger partial charge in [-0.05, 0) is 49.2 Å². The number of rotatable bonds is 5. The quantitative estimate of drug-likeness (QED) is 0.451. The predicted molar refractivity (Wildman–Crippen MR) is 109 cm³/mol. The number of aromatic nitrogens is 2. The fourth-order valence-electron chi connectivity index (χ4n) is 3.50. The zero-order chi connectivity index (χ0) is 18.8. The zero-order valence-corrected chi connectivity index (χ0v) is 15.6. The molecule has 0 aliphatic carbocycles. The molecule has 0 aliphatic heterocycles. The minimum atomic E-state index is -0.665. The molecule has 0 aliphatic rings. The van der Waals surface area contributed by atoms with Gasteiger partial charge < -0.3 is 15.1 Å². The molecule has 4 rings (SSSR count). The van der Waals surface area contributed by atoms with Crippen molar-refractivity contribution in [1.82, 2.24) is 9.97 Å². The highest BCUT2D eigenvalue weighted by molar-refractivity contribution is 5.40. The van der Waals surface area contributed by atoms with Crippen LogP contribution in [0.15, 0.2) is 79.0 Å². The summed E-state index contributed by atoms with van der Waals surface area (Å²) in [5.41, 5.74) is 7.51. The third kappa shape index (κ3) is 3.60. The topological polar surface area (TPSA) is 51.8 Å². The van der Waals surface area contributed by atoms with Gasteiger partial charge in [-0.3, -0.25) is 0 Å². The first-order valence-corrected chi connectivity index (χ1v) is 9.25. The lowest BCUT2D eigenvalue weighted by molar-refractivity contribution is 0.216. The maximum absolute atomic E-state index is 10.8. The third-order valence-electron chi connectivity index (χ3n) is 5.07. The Kier molecular flexibility index (Phi) is 4.69. The van der Waals surface area contributed by atoms with Crippen molar-refractivity contribution in [3.63, 3.8) is 0 Å². The molecule has 3 nitrogen and oxygen atoms in total. The molecular formula is C24H24N2O. The number of aryl methyl sites for hydroxylation is 2. The van der Waals surface area contributed by atoms with E-state index in [-0.39, 0.29) is 5.92 Å². The van der Waals surface area contributed by atoms with E-state index in [1.807, 2.05) is 49.5 Å².